The molecule has 0 spiro atoms. The molecule has 0 aliphatic carbocycles. The molecule has 0 aliphatic heterocycles. The molecule has 3 aromatic heterocycles. The van der Waals surface area contributed by atoms with Crippen molar-refractivity contribution in [2.75, 3.05) is 0 Å². The SMILES string of the molecule is Cc1nc(Cc2cn(C)c3ccccc23)nc2sc(C(=O)c3ccccc3)c(O)c12. The third-order valence-corrected chi connectivity index (χ3v) is 6.40. The highest BCUT2D eigenvalue weighted by Gasteiger charge is 2.22. The van der Waals surface area contributed by atoms with Gasteiger partial charge in [0, 0.05) is 36.1 Å². The van der Waals surface area contributed by atoms with Gasteiger partial charge < -0.3 is 9.67 Å². The van der Waals surface area contributed by atoms with Gasteiger partial charge in [-0.05, 0) is 18.6 Å². The molecule has 0 aliphatic rings. The molecule has 30 heavy (non-hydrogen) atoms. The maximum Gasteiger partial charge on any atom is 0.206 e. The fourth-order valence-electron chi connectivity index (χ4n) is 3.90. The lowest BCUT2D eigenvalue weighted by Gasteiger charge is -2.03. The lowest BCUT2D eigenvalue weighted by molar-refractivity contribution is 0.104. The van der Waals surface area contributed by atoms with E-state index in [9.17, 15) is 9.90 Å². The number of thiophene rings is 1. The Kier molecular flexibility index (Phi) is 4.37. The number of aromatic nitrogens is 3. The summed E-state index contributed by atoms with van der Waals surface area (Å²) in [5.74, 6) is 0.445. The number of benzene rings is 2. The topological polar surface area (TPSA) is 68.0 Å². The summed E-state index contributed by atoms with van der Waals surface area (Å²) in [7, 11) is 2.03. The fraction of sp³-hybridized carbons (Fsp3) is 0.125. The van der Waals surface area contributed by atoms with Crippen LogP contribution in [0.5, 0.6) is 5.75 Å². The second-order valence-electron chi connectivity index (χ2n) is 7.34. The van der Waals surface area contributed by atoms with Gasteiger partial charge in [-0.2, -0.15) is 0 Å². The highest BCUT2D eigenvalue weighted by molar-refractivity contribution is 7.21. The van der Waals surface area contributed by atoms with Crippen LogP contribution in [0.25, 0.3) is 21.1 Å². The molecule has 0 atom stereocenters. The Balaban J connectivity index is 1.58. The molecule has 0 saturated heterocycles. The molecule has 3 heterocycles. The van der Waals surface area contributed by atoms with Gasteiger partial charge in [0.05, 0.1) is 11.1 Å². The zero-order valence-electron chi connectivity index (χ0n) is 16.6. The van der Waals surface area contributed by atoms with Crippen molar-refractivity contribution in [1.29, 1.82) is 0 Å². The molecule has 0 fully saturated rings. The Morgan fingerprint density at radius 3 is 2.60 bits per heavy atom. The first-order chi connectivity index (χ1) is 14.5. The fourth-order valence-corrected chi connectivity index (χ4v) is 5.00. The van der Waals surface area contributed by atoms with E-state index < -0.39 is 0 Å². The van der Waals surface area contributed by atoms with Crippen molar-refractivity contribution in [3.05, 3.63) is 88.3 Å². The van der Waals surface area contributed by atoms with Gasteiger partial charge in [0.1, 0.15) is 21.3 Å². The van der Waals surface area contributed by atoms with Crippen LogP contribution in [0.1, 0.15) is 32.3 Å². The van der Waals surface area contributed by atoms with E-state index in [1.165, 1.54) is 16.7 Å². The molecule has 5 rings (SSSR count). The molecule has 0 bridgehead atoms. The number of aryl methyl sites for hydroxylation is 2. The normalized spacial score (nSPS) is 11.4. The Hall–Kier alpha value is -3.51. The van der Waals surface area contributed by atoms with Crippen LogP contribution in [0.2, 0.25) is 0 Å². The van der Waals surface area contributed by atoms with Crippen LogP contribution in [0.4, 0.5) is 0 Å². The lowest BCUT2D eigenvalue weighted by atomic mass is 10.1. The molecule has 0 amide bonds. The summed E-state index contributed by atoms with van der Waals surface area (Å²) in [4.78, 5) is 23.1. The van der Waals surface area contributed by atoms with Gasteiger partial charge in [0.2, 0.25) is 5.78 Å². The second kappa shape index (κ2) is 7.07. The molecule has 5 nitrogen and oxygen atoms in total. The van der Waals surface area contributed by atoms with Crippen LogP contribution in [-0.2, 0) is 13.5 Å². The van der Waals surface area contributed by atoms with Crippen molar-refractivity contribution in [2.45, 2.75) is 13.3 Å². The molecule has 0 unspecified atom stereocenters. The van der Waals surface area contributed by atoms with E-state index in [-0.39, 0.29) is 11.5 Å². The van der Waals surface area contributed by atoms with Gasteiger partial charge in [-0.15, -0.1) is 11.3 Å². The van der Waals surface area contributed by atoms with Gasteiger partial charge in [0.15, 0.2) is 0 Å². The van der Waals surface area contributed by atoms with Crippen molar-refractivity contribution in [2.24, 2.45) is 7.05 Å². The van der Waals surface area contributed by atoms with E-state index in [0.717, 1.165) is 11.1 Å². The Morgan fingerprint density at radius 1 is 1.07 bits per heavy atom. The van der Waals surface area contributed by atoms with Crippen LogP contribution in [0.3, 0.4) is 0 Å². The third-order valence-electron chi connectivity index (χ3n) is 5.32. The van der Waals surface area contributed by atoms with Gasteiger partial charge >= 0.3 is 0 Å². The Labute approximate surface area is 177 Å². The molecule has 0 radical (unpaired) electrons. The average molecular weight is 414 g/mol. The minimum atomic E-state index is -0.203. The second-order valence-corrected chi connectivity index (χ2v) is 8.34. The monoisotopic (exact) mass is 413 g/mol. The number of ketones is 1. The molecule has 2 aromatic carbocycles. The number of rotatable bonds is 4. The number of carbonyl (C=O) groups is 1. The van der Waals surface area contributed by atoms with Crippen molar-refractivity contribution in [1.82, 2.24) is 14.5 Å². The lowest BCUT2D eigenvalue weighted by Crippen LogP contribution is -1.98. The van der Waals surface area contributed by atoms with Crippen LogP contribution in [0.15, 0.2) is 60.8 Å². The van der Waals surface area contributed by atoms with Crippen LogP contribution < -0.4 is 0 Å². The first-order valence-corrected chi connectivity index (χ1v) is 10.5. The van der Waals surface area contributed by atoms with Crippen molar-refractivity contribution < 1.29 is 9.90 Å². The molecular weight excluding hydrogens is 394 g/mol. The number of nitrogens with zero attached hydrogens (tertiary/aromatic N) is 3. The zero-order chi connectivity index (χ0) is 20.8. The van der Waals surface area contributed by atoms with Crippen molar-refractivity contribution in [3.63, 3.8) is 0 Å². The summed E-state index contributed by atoms with van der Waals surface area (Å²) in [5.41, 5.74) is 3.53. The quantitative estimate of drug-likeness (QED) is 0.420. The maximum absolute atomic E-state index is 12.9. The third kappa shape index (κ3) is 2.97. The Bertz CT molecular complexity index is 1420. The standard InChI is InChI=1S/C24H19N3O2S/c1-14-20-22(29)23(21(28)15-8-4-3-5-9-15)30-24(20)26-19(25-14)12-16-13-27(2)18-11-7-6-10-17(16)18/h3-11,13,29H,12H2,1-2H3. The summed E-state index contributed by atoms with van der Waals surface area (Å²) in [6.07, 6.45) is 2.68. The molecule has 0 saturated carbocycles. The number of para-hydroxylation sites is 1. The number of hydrogen-bond donors (Lipinski definition) is 1. The van der Waals surface area contributed by atoms with E-state index in [0.29, 0.717) is 38.6 Å². The highest BCUT2D eigenvalue weighted by atomic mass is 32.1. The summed E-state index contributed by atoms with van der Waals surface area (Å²) < 4.78 is 2.10. The van der Waals surface area contributed by atoms with Gasteiger partial charge in [0.25, 0.3) is 0 Å². The molecule has 6 heteroatoms. The molecule has 148 valence electrons. The molecule has 1 N–H and O–H groups in total. The van der Waals surface area contributed by atoms with E-state index in [2.05, 4.69) is 27.9 Å². The first kappa shape index (κ1) is 18.5. The number of aromatic hydroxyl groups is 1. The number of carbonyl (C=O) groups excluding carboxylic acids is 1. The van der Waals surface area contributed by atoms with E-state index in [1.54, 1.807) is 12.1 Å². The predicted molar refractivity (Wildman–Crippen MR) is 119 cm³/mol. The summed E-state index contributed by atoms with van der Waals surface area (Å²) in [6, 6.07) is 17.2. The number of fused-ring (bicyclic) bond motifs is 2. The van der Waals surface area contributed by atoms with Crippen molar-refractivity contribution in [3.8, 4) is 5.75 Å². The van der Waals surface area contributed by atoms with Crippen molar-refractivity contribution >= 4 is 38.2 Å². The zero-order valence-corrected chi connectivity index (χ0v) is 17.4. The average Bonchev–Trinajstić information content (AvgIpc) is 3.25. The minimum absolute atomic E-state index is 0.0296. The van der Waals surface area contributed by atoms with Gasteiger partial charge in [-0.3, -0.25) is 4.79 Å². The van der Waals surface area contributed by atoms with E-state index in [1.807, 2.05) is 44.3 Å². The summed E-state index contributed by atoms with van der Waals surface area (Å²) in [6.45, 7) is 1.85. The van der Waals surface area contributed by atoms with E-state index >= 15 is 0 Å². The predicted octanol–water partition coefficient (Wildman–Crippen LogP) is 5.02. The Morgan fingerprint density at radius 2 is 1.80 bits per heavy atom. The largest absolute Gasteiger partial charge is 0.505 e. The molecular formula is C24H19N3O2S. The highest BCUT2D eigenvalue weighted by Crippen LogP contribution is 2.38. The van der Waals surface area contributed by atoms with Crippen LogP contribution in [0, 0.1) is 6.92 Å². The number of hydrogen-bond acceptors (Lipinski definition) is 5. The van der Waals surface area contributed by atoms with Crippen LogP contribution in [-0.4, -0.2) is 25.4 Å². The van der Waals surface area contributed by atoms with E-state index in [4.69, 9.17) is 4.98 Å². The first-order valence-electron chi connectivity index (χ1n) is 9.64. The molecule has 5 aromatic rings. The van der Waals surface area contributed by atoms with Crippen LogP contribution >= 0.6 is 11.3 Å². The summed E-state index contributed by atoms with van der Waals surface area (Å²) in [5, 5.41) is 12.5. The summed E-state index contributed by atoms with van der Waals surface area (Å²) >= 11 is 1.22. The smallest absolute Gasteiger partial charge is 0.206 e. The minimum Gasteiger partial charge on any atom is -0.505 e. The van der Waals surface area contributed by atoms with Gasteiger partial charge in [-0.25, -0.2) is 9.97 Å². The van der Waals surface area contributed by atoms with Gasteiger partial charge in [-0.1, -0.05) is 48.5 Å². The maximum atomic E-state index is 12.9.